The van der Waals surface area contributed by atoms with Crippen LogP contribution in [0.1, 0.15) is 133 Å². The largest absolute Gasteiger partial charge is 0.300 e. The Morgan fingerprint density at radius 3 is 0.824 bits per heavy atom. The summed E-state index contributed by atoms with van der Waals surface area (Å²) in [5.74, 6) is 0.167. The number of Topliss-reactive ketones (excluding diaryl/α,β-unsaturated/α-hetero) is 1. The minimum absolute atomic E-state index is 0.167. The van der Waals surface area contributed by atoms with Crippen molar-refractivity contribution in [1.29, 1.82) is 0 Å². The topological polar surface area (TPSA) is 17.1 Å². The van der Waals surface area contributed by atoms with Gasteiger partial charge in [0, 0.05) is 0 Å². The molecule has 0 saturated heterocycles. The Balaban J connectivity index is 0. The lowest BCUT2D eigenvalue weighted by atomic mass is 10.0. The summed E-state index contributed by atoms with van der Waals surface area (Å²) < 4.78 is 0. The van der Waals surface area contributed by atoms with Crippen molar-refractivity contribution in [1.82, 2.24) is 0 Å². The molecule has 0 unspecified atom stereocenters. The lowest BCUT2D eigenvalue weighted by Gasteiger charge is -2.02. The molecule has 0 N–H and O–H groups in total. The number of unbranched alkanes of at least 4 members (excludes halogenated alkanes) is 1. The van der Waals surface area contributed by atoms with Gasteiger partial charge in [0.25, 0.3) is 0 Å². The summed E-state index contributed by atoms with van der Waals surface area (Å²) in [6.45, 7) is 20.9. The zero-order chi connectivity index (χ0) is 26.4. The predicted molar refractivity (Wildman–Crippen MR) is 156 cm³/mol. The molecule has 0 aromatic rings. The third kappa shape index (κ3) is 30.1. The molecule has 0 radical (unpaired) electrons. The van der Waals surface area contributed by atoms with Crippen LogP contribution in [-0.4, -0.2) is 5.78 Å². The molecule has 0 spiro atoms. The molecule has 1 nitrogen and oxygen atoms in total. The molecular weight excluding hydrogens is 412 g/mol. The molecule has 0 heterocycles. The number of ketones is 1. The van der Waals surface area contributed by atoms with Crippen LogP contribution in [-0.2, 0) is 4.79 Å². The van der Waals surface area contributed by atoms with Crippen LogP contribution in [0.2, 0.25) is 0 Å². The summed E-state index contributed by atoms with van der Waals surface area (Å²) >= 11 is 0. The monoisotopic (exact) mass is 468 g/mol. The van der Waals surface area contributed by atoms with Crippen LogP contribution in [0.3, 0.4) is 0 Å². The molecule has 0 fully saturated rings. The molecule has 0 aliphatic rings. The maximum absolute atomic E-state index is 9.44. The Kier molecular flexibility index (Phi) is 23.1. The van der Waals surface area contributed by atoms with Crippen LogP contribution in [0.25, 0.3) is 0 Å². The first-order valence-electron chi connectivity index (χ1n) is 13.3. The van der Waals surface area contributed by atoms with Crippen molar-refractivity contribution < 1.29 is 4.79 Å². The molecular formula is C33H56O. The molecule has 0 amide bonds. The summed E-state index contributed by atoms with van der Waals surface area (Å²) in [5.41, 5.74) is 8.97. The maximum atomic E-state index is 9.44. The highest BCUT2D eigenvalue weighted by atomic mass is 16.1. The van der Waals surface area contributed by atoms with E-state index in [0.29, 0.717) is 0 Å². The van der Waals surface area contributed by atoms with Gasteiger partial charge in [0.15, 0.2) is 0 Å². The molecule has 0 bridgehead atoms. The van der Waals surface area contributed by atoms with Crippen LogP contribution < -0.4 is 0 Å². The first kappa shape index (κ1) is 34.3. The molecule has 194 valence electrons. The van der Waals surface area contributed by atoms with Gasteiger partial charge in [-0.15, -0.1) is 0 Å². The summed E-state index contributed by atoms with van der Waals surface area (Å²) in [6, 6.07) is 0. The summed E-state index contributed by atoms with van der Waals surface area (Å²) in [4.78, 5) is 9.44. The van der Waals surface area contributed by atoms with E-state index in [0.717, 1.165) is 0 Å². The molecule has 0 rings (SSSR count). The van der Waals surface area contributed by atoms with Crippen molar-refractivity contribution in [2.45, 2.75) is 133 Å². The standard InChI is InChI=1S/C30H50.C3H6O/c1-25(2)15-11-19-29(7)23-13-21-27(5)17-9-10-18-28(6)22-14-24-30(8)20-12-16-26(3)4;1-3(2)4/h15-18,23-24H,9-14,19-22H2,1-8H3;1-2H3/b27-17+,28-18+,29-23+,30-24+;. The lowest BCUT2D eigenvalue weighted by molar-refractivity contribution is -0.114. The second-order valence-corrected chi connectivity index (χ2v) is 10.4. The third-order valence-electron chi connectivity index (χ3n) is 5.40. The number of hydrogen-bond acceptors (Lipinski definition) is 1. The van der Waals surface area contributed by atoms with E-state index in [1.54, 1.807) is 0 Å². The van der Waals surface area contributed by atoms with Crippen molar-refractivity contribution in [3.8, 4) is 0 Å². The van der Waals surface area contributed by atoms with E-state index in [-0.39, 0.29) is 5.78 Å². The number of rotatable bonds is 15. The van der Waals surface area contributed by atoms with Gasteiger partial charge in [-0.25, -0.2) is 0 Å². The van der Waals surface area contributed by atoms with Crippen LogP contribution in [0.5, 0.6) is 0 Å². The van der Waals surface area contributed by atoms with Crippen molar-refractivity contribution in [2.75, 3.05) is 0 Å². The van der Waals surface area contributed by atoms with Crippen LogP contribution >= 0.6 is 0 Å². The van der Waals surface area contributed by atoms with E-state index < -0.39 is 0 Å². The number of hydrogen-bond donors (Lipinski definition) is 0. The van der Waals surface area contributed by atoms with Gasteiger partial charge in [-0.3, -0.25) is 0 Å². The fourth-order valence-corrected chi connectivity index (χ4v) is 3.34. The van der Waals surface area contributed by atoms with Gasteiger partial charge in [-0.1, -0.05) is 69.9 Å². The molecule has 0 aliphatic heterocycles. The summed E-state index contributed by atoms with van der Waals surface area (Å²) in [5, 5.41) is 0. The van der Waals surface area contributed by atoms with Crippen molar-refractivity contribution in [2.24, 2.45) is 0 Å². The Labute approximate surface area is 213 Å². The van der Waals surface area contributed by atoms with Gasteiger partial charge in [0.2, 0.25) is 0 Å². The van der Waals surface area contributed by atoms with Crippen LogP contribution in [0, 0.1) is 0 Å². The van der Waals surface area contributed by atoms with E-state index in [1.807, 2.05) is 0 Å². The predicted octanol–water partition coefficient (Wildman–Crippen LogP) is 11.2. The number of carbonyl (C=O) groups is 1. The highest BCUT2D eigenvalue weighted by molar-refractivity contribution is 5.72. The van der Waals surface area contributed by atoms with E-state index in [1.165, 1.54) is 111 Å². The van der Waals surface area contributed by atoms with E-state index >= 15 is 0 Å². The third-order valence-corrected chi connectivity index (χ3v) is 5.40. The van der Waals surface area contributed by atoms with E-state index in [2.05, 4.69) is 91.8 Å². The molecule has 0 atom stereocenters. The second kappa shape index (κ2) is 22.9. The van der Waals surface area contributed by atoms with Gasteiger partial charge in [0.05, 0.1) is 0 Å². The average molecular weight is 469 g/mol. The number of allylic oxidation sites excluding steroid dienone is 12. The normalized spacial score (nSPS) is 12.6. The SMILES string of the molecule is CC(C)=CCC/C(C)=C/CC/C(C)=C/CC/C=C(\C)CC/C=C(\C)CCC=C(C)C.CC(C)=O. The molecule has 1 heteroatoms. The summed E-state index contributed by atoms with van der Waals surface area (Å²) in [7, 11) is 0. The van der Waals surface area contributed by atoms with Crippen molar-refractivity contribution in [3.05, 3.63) is 69.9 Å². The van der Waals surface area contributed by atoms with Gasteiger partial charge in [-0.2, -0.15) is 0 Å². The minimum Gasteiger partial charge on any atom is -0.300 e. The highest BCUT2D eigenvalue weighted by Crippen LogP contribution is 2.14. The average Bonchev–Trinajstić information content (AvgIpc) is 2.70. The molecule has 0 aliphatic carbocycles. The van der Waals surface area contributed by atoms with Gasteiger partial charge in [0.1, 0.15) is 5.78 Å². The quantitative estimate of drug-likeness (QED) is 0.172. The first-order chi connectivity index (χ1) is 15.9. The highest BCUT2D eigenvalue weighted by Gasteiger charge is 1.94. The zero-order valence-electron chi connectivity index (χ0n) is 24.4. The van der Waals surface area contributed by atoms with E-state index in [4.69, 9.17) is 0 Å². The molecule has 0 aromatic heterocycles. The van der Waals surface area contributed by atoms with Gasteiger partial charge >= 0.3 is 0 Å². The van der Waals surface area contributed by atoms with Crippen molar-refractivity contribution >= 4 is 5.78 Å². The fraction of sp³-hybridized carbons (Fsp3) is 0.606. The Morgan fingerprint density at radius 1 is 0.382 bits per heavy atom. The molecule has 34 heavy (non-hydrogen) atoms. The molecule has 0 saturated carbocycles. The Bertz CT molecular complexity index is 665. The Hall–Kier alpha value is -1.89. The smallest absolute Gasteiger partial charge is 0.126 e. The molecule has 0 aromatic carbocycles. The van der Waals surface area contributed by atoms with Crippen LogP contribution in [0.15, 0.2) is 69.9 Å². The lowest BCUT2D eigenvalue weighted by Crippen LogP contribution is -1.82. The minimum atomic E-state index is 0.167. The first-order valence-corrected chi connectivity index (χ1v) is 13.3. The van der Waals surface area contributed by atoms with Crippen molar-refractivity contribution in [3.63, 3.8) is 0 Å². The van der Waals surface area contributed by atoms with Gasteiger partial charge < -0.3 is 4.79 Å². The zero-order valence-corrected chi connectivity index (χ0v) is 24.4. The number of carbonyl (C=O) groups excluding carboxylic acids is 1. The van der Waals surface area contributed by atoms with E-state index in [9.17, 15) is 4.79 Å². The Morgan fingerprint density at radius 2 is 0.588 bits per heavy atom. The van der Waals surface area contributed by atoms with Gasteiger partial charge in [-0.05, 0) is 133 Å². The van der Waals surface area contributed by atoms with Crippen LogP contribution in [0.4, 0.5) is 0 Å². The fourth-order valence-electron chi connectivity index (χ4n) is 3.34. The maximum Gasteiger partial charge on any atom is 0.126 e. The summed E-state index contributed by atoms with van der Waals surface area (Å²) in [6.07, 6.45) is 26.2. The second-order valence-electron chi connectivity index (χ2n) is 10.4.